The number of hydrogen-bond acceptors (Lipinski definition) is 4. The predicted octanol–water partition coefficient (Wildman–Crippen LogP) is 0.795. The van der Waals surface area contributed by atoms with Gasteiger partial charge in [-0.05, 0) is 12.1 Å². The Labute approximate surface area is 111 Å². The van der Waals surface area contributed by atoms with E-state index in [0.29, 0.717) is 0 Å². The van der Waals surface area contributed by atoms with Gasteiger partial charge in [0.2, 0.25) is 0 Å². The number of pyridine rings is 1. The van der Waals surface area contributed by atoms with E-state index in [1.807, 2.05) is 36.1 Å². The van der Waals surface area contributed by atoms with E-state index in [2.05, 4.69) is 26.6 Å². The molecule has 0 atom stereocenters. The third-order valence-corrected chi connectivity index (χ3v) is 2.99. The van der Waals surface area contributed by atoms with Crippen molar-refractivity contribution in [3.63, 3.8) is 0 Å². The zero-order valence-corrected chi connectivity index (χ0v) is 10.8. The Morgan fingerprint density at radius 2 is 2.26 bits per heavy atom. The highest BCUT2D eigenvalue weighted by molar-refractivity contribution is 5.53. The molecular formula is C13H16N6. The average Bonchev–Trinajstić information content (AvgIpc) is 3.02. The highest BCUT2D eigenvalue weighted by Gasteiger charge is 2.03. The molecule has 1 N–H and O–H groups in total. The maximum absolute atomic E-state index is 4.31. The largest absolute Gasteiger partial charge is 0.312 e. The van der Waals surface area contributed by atoms with Crippen molar-refractivity contribution in [1.82, 2.24) is 29.7 Å². The van der Waals surface area contributed by atoms with Crippen LogP contribution in [-0.2, 0) is 20.0 Å². The van der Waals surface area contributed by atoms with Crippen molar-refractivity contribution in [3.05, 3.63) is 48.3 Å². The maximum Gasteiger partial charge on any atom is 0.151 e. The van der Waals surface area contributed by atoms with Gasteiger partial charge in [0.1, 0.15) is 6.33 Å². The molecule has 0 radical (unpaired) electrons. The monoisotopic (exact) mass is 256 g/mol. The number of nitrogens with one attached hydrogen (secondary N) is 1. The second-order valence-electron chi connectivity index (χ2n) is 4.46. The molecule has 0 unspecified atom stereocenters. The zero-order valence-electron chi connectivity index (χ0n) is 10.8. The Morgan fingerprint density at radius 1 is 1.32 bits per heavy atom. The number of fused-ring (bicyclic) bond motifs is 1. The Morgan fingerprint density at radius 3 is 3.11 bits per heavy atom. The van der Waals surface area contributed by atoms with Crippen molar-refractivity contribution >= 4 is 5.52 Å². The van der Waals surface area contributed by atoms with Crippen LogP contribution in [0.3, 0.4) is 0 Å². The molecule has 0 amide bonds. The summed E-state index contributed by atoms with van der Waals surface area (Å²) in [6, 6.07) is 6.08. The predicted molar refractivity (Wildman–Crippen MR) is 71.6 cm³/mol. The van der Waals surface area contributed by atoms with Crippen molar-refractivity contribution in [2.45, 2.75) is 13.0 Å². The first-order valence-electron chi connectivity index (χ1n) is 6.29. The van der Waals surface area contributed by atoms with E-state index in [-0.39, 0.29) is 0 Å². The van der Waals surface area contributed by atoms with E-state index in [4.69, 9.17) is 0 Å². The van der Waals surface area contributed by atoms with E-state index in [1.165, 1.54) is 5.56 Å². The van der Waals surface area contributed by atoms with Gasteiger partial charge >= 0.3 is 0 Å². The molecule has 0 saturated heterocycles. The summed E-state index contributed by atoms with van der Waals surface area (Å²) in [5, 5.41) is 11.9. The Kier molecular flexibility index (Phi) is 3.24. The fraction of sp³-hybridized carbons (Fsp3) is 0.308. The molecule has 0 spiro atoms. The molecule has 0 aliphatic heterocycles. The number of nitrogens with zero attached hydrogens (tertiary/aromatic N) is 5. The SMILES string of the molecule is Cn1cnc(CCNCc2cnn3ccccc23)n1. The van der Waals surface area contributed by atoms with Crippen LogP contribution in [0.2, 0.25) is 0 Å². The molecule has 3 heterocycles. The third-order valence-electron chi connectivity index (χ3n) is 2.99. The summed E-state index contributed by atoms with van der Waals surface area (Å²) in [7, 11) is 1.88. The summed E-state index contributed by atoms with van der Waals surface area (Å²) < 4.78 is 3.61. The fourth-order valence-corrected chi connectivity index (χ4v) is 2.05. The van der Waals surface area contributed by atoms with Crippen LogP contribution in [0.15, 0.2) is 36.9 Å². The van der Waals surface area contributed by atoms with Crippen molar-refractivity contribution in [2.75, 3.05) is 6.54 Å². The first kappa shape index (κ1) is 11.9. The lowest BCUT2D eigenvalue weighted by molar-refractivity contribution is 0.663. The quantitative estimate of drug-likeness (QED) is 0.686. The number of hydrogen-bond donors (Lipinski definition) is 1. The third kappa shape index (κ3) is 2.63. The van der Waals surface area contributed by atoms with Gasteiger partial charge in [0.05, 0.1) is 11.7 Å². The topological polar surface area (TPSA) is 60.0 Å². The standard InChI is InChI=1S/C13H16N6/c1-18-10-15-13(17-18)5-6-14-8-11-9-16-19-7-3-2-4-12(11)19/h2-4,7,9-10,14H,5-6,8H2,1H3. The van der Waals surface area contributed by atoms with Crippen LogP contribution in [0.25, 0.3) is 5.52 Å². The Bertz CT molecular complexity index is 668. The van der Waals surface area contributed by atoms with Crippen molar-refractivity contribution in [2.24, 2.45) is 7.05 Å². The van der Waals surface area contributed by atoms with Crippen LogP contribution in [0.1, 0.15) is 11.4 Å². The highest BCUT2D eigenvalue weighted by Crippen LogP contribution is 2.09. The average molecular weight is 256 g/mol. The van der Waals surface area contributed by atoms with Gasteiger partial charge in [-0.1, -0.05) is 6.07 Å². The minimum atomic E-state index is 0.806. The summed E-state index contributed by atoms with van der Waals surface area (Å²) in [6.45, 7) is 1.66. The molecule has 3 rings (SSSR count). The molecule has 0 saturated carbocycles. The minimum absolute atomic E-state index is 0.806. The van der Waals surface area contributed by atoms with Gasteiger partial charge in [0, 0.05) is 38.3 Å². The van der Waals surface area contributed by atoms with Gasteiger partial charge in [-0.2, -0.15) is 10.2 Å². The molecule has 0 fully saturated rings. The summed E-state index contributed by atoms with van der Waals surface area (Å²) in [5.41, 5.74) is 2.35. The van der Waals surface area contributed by atoms with E-state index < -0.39 is 0 Å². The lowest BCUT2D eigenvalue weighted by Crippen LogP contribution is -2.17. The normalized spacial score (nSPS) is 11.2. The lowest BCUT2D eigenvalue weighted by Gasteiger charge is -2.01. The molecule has 6 heteroatoms. The number of rotatable bonds is 5. The Hall–Kier alpha value is -2.21. The summed E-state index contributed by atoms with van der Waals surface area (Å²) in [4.78, 5) is 4.20. The van der Waals surface area contributed by atoms with E-state index >= 15 is 0 Å². The summed E-state index contributed by atoms with van der Waals surface area (Å²) in [6.07, 6.45) is 6.42. The zero-order chi connectivity index (χ0) is 13.1. The van der Waals surface area contributed by atoms with Crippen LogP contribution >= 0.6 is 0 Å². The molecular weight excluding hydrogens is 240 g/mol. The van der Waals surface area contributed by atoms with Gasteiger partial charge < -0.3 is 5.32 Å². The van der Waals surface area contributed by atoms with Gasteiger partial charge in [-0.25, -0.2) is 9.50 Å². The van der Waals surface area contributed by atoms with Crippen molar-refractivity contribution in [3.8, 4) is 0 Å². The molecule has 3 aromatic heterocycles. The molecule has 3 aromatic rings. The van der Waals surface area contributed by atoms with Gasteiger partial charge in [-0.3, -0.25) is 4.68 Å². The van der Waals surface area contributed by atoms with Crippen LogP contribution < -0.4 is 5.32 Å². The van der Waals surface area contributed by atoms with Gasteiger partial charge in [-0.15, -0.1) is 0 Å². The minimum Gasteiger partial charge on any atom is -0.312 e. The summed E-state index contributed by atoms with van der Waals surface area (Å²) in [5.74, 6) is 0.870. The summed E-state index contributed by atoms with van der Waals surface area (Å²) >= 11 is 0. The molecule has 0 aromatic carbocycles. The molecule has 0 bridgehead atoms. The molecule has 0 aliphatic carbocycles. The van der Waals surface area contributed by atoms with Crippen LogP contribution in [-0.4, -0.2) is 30.9 Å². The highest BCUT2D eigenvalue weighted by atomic mass is 15.3. The first-order chi connectivity index (χ1) is 9.33. The van der Waals surface area contributed by atoms with Crippen molar-refractivity contribution in [1.29, 1.82) is 0 Å². The molecule has 0 aliphatic rings. The van der Waals surface area contributed by atoms with E-state index in [1.54, 1.807) is 11.0 Å². The lowest BCUT2D eigenvalue weighted by atomic mass is 10.2. The first-order valence-corrected chi connectivity index (χ1v) is 6.29. The Balaban J connectivity index is 1.55. The number of aryl methyl sites for hydroxylation is 1. The molecule has 19 heavy (non-hydrogen) atoms. The number of aromatic nitrogens is 5. The van der Waals surface area contributed by atoms with Crippen molar-refractivity contribution < 1.29 is 0 Å². The molecule has 6 nitrogen and oxygen atoms in total. The second-order valence-corrected chi connectivity index (χ2v) is 4.46. The van der Waals surface area contributed by atoms with E-state index in [9.17, 15) is 0 Å². The van der Waals surface area contributed by atoms with Gasteiger partial charge in [0.25, 0.3) is 0 Å². The van der Waals surface area contributed by atoms with Crippen LogP contribution in [0, 0.1) is 0 Å². The van der Waals surface area contributed by atoms with Crippen LogP contribution in [0.4, 0.5) is 0 Å². The smallest absolute Gasteiger partial charge is 0.151 e. The van der Waals surface area contributed by atoms with Gasteiger partial charge in [0.15, 0.2) is 5.82 Å². The molecule has 98 valence electrons. The fourth-order valence-electron chi connectivity index (χ4n) is 2.05. The second kappa shape index (κ2) is 5.19. The van der Waals surface area contributed by atoms with E-state index in [0.717, 1.165) is 30.9 Å². The van der Waals surface area contributed by atoms with Crippen LogP contribution in [0.5, 0.6) is 0 Å². The maximum atomic E-state index is 4.31.